The van der Waals surface area contributed by atoms with Gasteiger partial charge in [-0.25, -0.2) is 4.98 Å². The van der Waals surface area contributed by atoms with Gasteiger partial charge >= 0.3 is 0 Å². The Morgan fingerprint density at radius 1 is 1.40 bits per heavy atom. The van der Waals surface area contributed by atoms with Gasteiger partial charge in [0.15, 0.2) is 5.75 Å². The predicted molar refractivity (Wildman–Crippen MR) is 79.2 cm³/mol. The standard InChI is InChI=1S/C14H19ClN4O/c1-4-19-9-12(7-18-19)20-14-5-11(6-16-10(2)3)13(15)8-17-14/h5,7-10,16H,4,6H2,1-3H3. The molecule has 1 N–H and O–H groups in total. The van der Waals surface area contributed by atoms with Crippen LogP contribution < -0.4 is 10.1 Å². The smallest absolute Gasteiger partial charge is 0.219 e. The number of hydrogen-bond donors (Lipinski definition) is 1. The molecule has 0 aliphatic heterocycles. The van der Waals surface area contributed by atoms with Crippen molar-refractivity contribution in [1.29, 1.82) is 0 Å². The molecular formula is C14H19ClN4O. The maximum absolute atomic E-state index is 6.13. The van der Waals surface area contributed by atoms with E-state index in [-0.39, 0.29) is 0 Å². The molecule has 0 aromatic carbocycles. The van der Waals surface area contributed by atoms with Gasteiger partial charge in [0.05, 0.1) is 17.4 Å². The zero-order valence-electron chi connectivity index (χ0n) is 11.9. The molecule has 0 aliphatic carbocycles. The van der Waals surface area contributed by atoms with Crippen LogP contribution in [0.3, 0.4) is 0 Å². The molecule has 20 heavy (non-hydrogen) atoms. The molecule has 0 atom stereocenters. The lowest BCUT2D eigenvalue weighted by molar-refractivity contribution is 0.460. The summed E-state index contributed by atoms with van der Waals surface area (Å²) in [6, 6.07) is 2.24. The molecule has 2 aromatic heterocycles. The Kier molecular flexibility index (Phi) is 4.98. The summed E-state index contributed by atoms with van der Waals surface area (Å²) < 4.78 is 7.48. The second kappa shape index (κ2) is 6.72. The van der Waals surface area contributed by atoms with Crippen LogP contribution in [-0.4, -0.2) is 20.8 Å². The summed E-state index contributed by atoms with van der Waals surface area (Å²) in [5.74, 6) is 1.19. The van der Waals surface area contributed by atoms with E-state index in [1.807, 2.05) is 19.2 Å². The Balaban J connectivity index is 2.10. The first kappa shape index (κ1) is 14.8. The van der Waals surface area contributed by atoms with E-state index in [4.69, 9.17) is 16.3 Å². The Morgan fingerprint density at radius 3 is 2.85 bits per heavy atom. The van der Waals surface area contributed by atoms with Gasteiger partial charge < -0.3 is 10.1 Å². The summed E-state index contributed by atoms with van der Waals surface area (Å²) in [5.41, 5.74) is 0.966. The van der Waals surface area contributed by atoms with Gasteiger partial charge in [-0.05, 0) is 12.5 Å². The van der Waals surface area contributed by atoms with Crippen LogP contribution in [-0.2, 0) is 13.1 Å². The fraction of sp³-hybridized carbons (Fsp3) is 0.429. The second-order valence-electron chi connectivity index (χ2n) is 4.78. The van der Waals surface area contributed by atoms with Crippen LogP contribution in [0.25, 0.3) is 0 Å². The number of aromatic nitrogens is 3. The van der Waals surface area contributed by atoms with E-state index in [9.17, 15) is 0 Å². The number of rotatable bonds is 6. The van der Waals surface area contributed by atoms with Crippen LogP contribution in [0.1, 0.15) is 26.3 Å². The maximum atomic E-state index is 6.13. The highest BCUT2D eigenvalue weighted by molar-refractivity contribution is 6.31. The van der Waals surface area contributed by atoms with Crippen molar-refractivity contribution in [3.8, 4) is 11.6 Å². The SMILES string of the molecule is CCn1cc(Oc2cc(CNC(C)C)c(Cl)cn2)cn1. The summed E-state index contributed by atoms with van der Waals surface area (Å²) in [4.78, 5) is 4.18. The van der Waals surface area contributed by atoms with E-state index >= 15 is 0 Å². The van der Waals surface area contributed by atoms with Gasteiger partial charge in [-0.1, -0.05) is 25.4 Å². The van der Waals surface area contributed by atoms with Gasteiger partial charge in [0.2, 0.25) is 5.88 Å². The summed E-state index contributed by atoms with van der Waals surface area (Å²) >= 11 is 6.13. The summed E-state index contributed by atoms with van der Waals surface area (Å²) in [6.45, 7) is 7.69. The molecule has 108 valence electrons. The summed E-state index contributed by atoms with van der Waals surface area (Å²) in [6.07, 6.45) is 5.12. The molecule has 2 heterocycles. The number of halogens is 1. The van der Waals surface area contributed by atoms with Gasteiger partial charge in [-0.15, -0.1) is 0 Å². The lowest BCUT2D eigenvalue weighted by Gasteiger charge is -2.10. The van der Waals surface area contributed by atoms with Crippen LogP contribution in [0, 0.1) is 0 Å². The molecule has 6 heteroatoms. The molecule has 0 radical (unpaired) electrons. The normalized spacial score (nSPS) is 11.1. The molecule has 0 spiro atoms. The highest BCUT2D eigenvalue weighted by Crippen LogP contribution is 2.23. The van der Waals surface area contributed by atoms with Gasteiger partial charge in [0.25, 0.3) is 0 Å². The minimum Gasteiger partial charge on any atom is -0.436 e. The van der Waals surface area contributed by atoms with Crippen molar-refractivity contribution in [2.75, 3.05) is 0 Å². The molecule has 0 aliphatic rings. The van der Waals surface area contributed by atoms with Gasteiger partial charge in [-0.3, -0.25) is 4.68 Å². The average molecular weight is 295 g/mol. The Bertz CT molecular complexity index is 568. The molecular weight excluding hydrogens is 276 g/mol. The second-order valence-corrected chi connectivity index (χ2v) is 5.19. The van der Waals surface area contributed by atoms with Crippen molar-refractivity contribution in [2.45, 2.75) is 39.9 Å². The Hall–Kier alpha value is -1.59. The highest BCUT2D eigenvalue weighted by Gasteiger charge is 2.07. The lowest BCUT2D eigenvalue weighted by Crippen LogP contribution is -2.22. The van der Waals surface area contributed by atoms with E-state index in [0.717, 1.165) is 12.1 Å². The topological polar surface area (TPSA) is 52.0 Å². The highest BCUT2D eigenvalue weighted by atomic mass is 35.5. The maximum Gasteiger partial charge on any atom is 0.219 e. The lowest BCUT2D eigenvalue weighted by atomic mass is 10.2. The fourth-order valence-electron chi connectivity index (χ4n) is 1.65. The number of nitrogens with zero attached hydrogens (tertiary/aromatic N) is 3. The first-order valence-electron chi connectivity index (χ1n) is 6.66. The Labute approximate surface area is 123 Å². The monoisotopic (exact) mass is 294 g/mol. The number of pyridine rings is 1. The zero-order chi connectivity index (χ0) is 14.5. The van der Waals surface area contributed by atoms with E-state index < -0.39 is 0 Å². The van der Waals surface area contributed by atoms with Gasteiger partial charge in [0.1, 0.15) is 0 Å². The van der Waals surface area contributed by atoms with Crippen molar-refractivity contribution in [3.05, 3.63) is 35.2 Å². The third kappa shape index (κ3) is 3.95. The number of aryl methyl sites for hydroxylation is 1. The number of nitrogens with one attached hydrogen (secondary N) is 1. The number of hydrogen-bond acceptors (Lipinski definition) is 4. The van der Waals surface area contributed by atoms with Crippen LogP contribution in [0.5, 0.6) is 11.6 Å². The molecule has 5 nitrogen and oxygen atoms in total. The molecule has 0 saturated carbocycles. The number of ether oxygens (including phenoxy) is 1. The van der Waals surface area contributed by atoms with Crippen LogP contribution in [0.4, 0.5) is 0 Å². The molecule has 2 rings (SSSR count). The van der Waals surface area contributed by atoms with Crippen molar-refractivity contribution in [2.24, 2.45) is 0 Å². The van der Waals surface area contributed by atoms with Crippen molar-refractivity contribution in [1.82, 2.24) is 20.1 Å². The molecule has 0 bridgehead atoms. The Morgan fingerprint density at radius 2 is 2.20 bits per heavy atom. The largest absolute Gasteiger partial charge is 0.436 e. The minimum atomic E-state index is 0.395. The first-order valence-corrected chi connectivity index (χ1v) is 7.04. The van der Waals surface area contributed by atoms with Crippen LogP contribution in [0.2, 0.25) is 5.02 Å². The first-order chi connectivity index (χ1) is 9.58. The van der Waals surface area contributed by atoms with Crippen molar-refractivity contribution >= 4 is 11.6 Å². The van der Waals surface area contributed by atoms with E-state index in [1.54, 1.807) is 17.1 Å². The van der Waals surface area contributed by atoms with E-state index in [1.165, 1.54) is 0 Å². The van der Waals surface area contributed by atoms with Gasteiger partial charge in [-0.2, -0.15) is 5.10 Å². The van der Waals surface area contributed by atoms with Crippen molar-refractivity contribution in [3.63, 3.8) is 0 Å². The minimum absolute atomic E-state index is 0.395. The molecule has 0 unspecified atom stereocenters. The van der Waals surface area contributed by atoms with Crippen LogP contribution >= 0.6 is 11.6 Å². The zero-order valence-corrected chi connectivity index (χ0v) is 12.7. The van der Waals surface area contributed by atoms with Crippen LogP contribution in [0.15, 0.2) is 24.7 Å². The molecule has 0 saturated heterocycles. The average Bonchev–Trinajstić information content (AvgIpc) is 2.87. The van der Waals surface area contributed by atoms with E-state index in [0.29, 0.717) is 29.2 Å². The summed E-state index contributed by atoms with van der Waals surface area (Å²) in [5, 5.41) is 8.11. The van der Waals surface area contributed by atoms with Gasteiger partial charge in [0, 0.05) is 31.4 Å². The molecule has 0 amide bonds. The van der Waals surface area contributed by atoms with E-state index in [2.05, 4.69) is 29.2 Å². The quantitative estimate of drug-likeness (QED) is 0.888. The predicted octanol–water partition coefficient (Wildman–Crippen LogP) is 3.24. The van der Waals surface area contributed by atoms with Crippen molar-refractivity contribution < 1.29 is 4.74 Å². The summed E-state index contributed by atoms with van der Waals surface area (Å²) in [7, 11) is 0. The fourth-order valence-corrected chi connectivity index (χ4v) is 1.82. The molecule has 0 fully saturated rings. The molecule has 2 aromatic rings. The third-order valence-corrected chi connectivity index (χ3v) is 3.11. The third-order valence-electron chi connectivity index (χ3n) is 2.77.